The summed E-state index contributed by atoms with van der Waals surface area (Å²) in [5.74, 6) is 0.626. The molecule has 0 bridgehead atoms. The summed E-state index contributed by atoms with van der Waals surface area (Å²) in [6.07, 6.45) is 5.34. The Morgan fingerprint density at radius 3 is 2.78 bits per heavy atom. The molecular formula is C18H24N2O3. The Bertz CT molecular complexity index is 610. The minimum Gasteiger partial charge on any atom is -0.497 e. The molecule has 1 saturated heterocycles. The first-order valence-corrected chi connectivity index (χ1v) is 8.33. The lowest BCUT2D eigenvalue weighted by Crippen LogP contribution is -2.56. The Labute approximate surface area is 137 Å². The molecule has 2 fully saturated rings. The third-order valence-corrected chi connectivity index (χ3v) is 5.06. The Balaban J connectivity index is 1.86. The Morgan fingerprint density at radius 1 is 1.35 bits per heavy atom. The summed E-state index contributed by atoms with van der Waals surface area (Å²) >= 11 is 0. The van der Waals surface area contributed by atoms with Crippen LogP contribution in [-0.2, 0) is 9.59 Å². The molecule has 3 rings (SSSR count). The molecule has 5 heteroatoms. The zero-order chi connectivity index (χ0) is 16.4. The van der Waals surface area contributed by atoms with Crippen LogP contribution in [0.2, 0.25) is 0 Å². The van der Waals surface area contributed by atoms with Gasteiger partial charge in [0.25, 0.3) is 0 Å². The fourth-order valence-corrected chi connectivity index (χ4v) is 3.65. The van der Waals surface area contributed by atoms with Gasteiger partial charge in [0.1, 0.15) is 11.3 Å². The van der Waals surface area contributed by atoms with Crippen LogP contribution in [0.25, 0.3) is 0 Å². The number of ether oxygens (including phenoxy) is 1. The van der Waals surface area contributed by atoms with Crippen LogP contribution in [0.3, 0.4) is 0 Å². The van der Waals surface area contributed by atoms with Gasteiger partial charge in [0.05, 0.1) is 7.11 Å². The van der Waals surface area contributed by atoms with Crippen molar-refractivity contribution in [3.8, 4) is 5.75 Å². The van der Waals surface area contributed by atoms with Crippen molar-refractivity contribution in [1.82, 2.24) is 5.32 Å². The van der Waals surface area contributed by atoms with E-state index in [1.165, 1.54) is 12.8 Å². The van der Waals surface area contributed by atoms with Crippen LogP contribution in [0.1, 0.15) is 45.4 Å². The molecule has 1 N–H and O–H groups in total. The first kappa shape index (κ1) is 15.8. The highest BCUT2D eigenvalue weighted by atomic mass is 16.5. The largest absolute Gasteiger partial charge is 0.497 e. The highest BCUT2D eigenvalue weighted by molar-refractivity contribution is 6.06. The van der Waals surface area contributed by atoms with Crippen molar-refractivity contribution in [2.45, 2.75) is 57.0 Å². The second-order valence-electron chi connectivity index (χ2n) is 6.66. The number of nitrogens with one attached hydrogen (secondary N) is 1. The molecule has 1 aliphatic heterocycles. The van der Waals surface area contributed by atoms with E-state index in [0.29, 0.717) is 18.6 Å². The van der Waals surface area contributed by atoms with Gasteiger partial charge in [0.15, 0.2) is 0 Å². The molecule has 1 aromatic rings. The molecule has 0 radical (unpaired) electrons. The standard InChI is InChI=1S/C18H24N2O3/c1-18(17(22)19-13-6-3-4-7-13)11-10-16(21)20(18)14-8-5-9-15(12-14)23-2/h5,8-9,12-13H,3-4,6-7,10-11H2,1-2H3,(H,19,22). The van der Waals surface area contributed by atoms with E-state index in [1.54, 1.807) is 12.0 Å². The van der Waals surface area contributed by atoms with Gasteiger partial charge in [-0.1, -0.05) is 18.9 Å². The van der Waals surface area contributed by atoms with E-state index < -0.39 is 5.54 Å². The minimum absolute atomic E-state index is 0.0117. The second-order valence-corrected chi connectivity index (χ2v) is 6.66. The van der Waals surface area contributed by atoms with Crippen molar-refractivity contribution in [3.05, 3.63) is 24.3 Å². The van der Waals surface area contributed by atoms with E-state index >= 15 is 0 Å². The molecule has 5 nitrogen and oxygen atoms in total. The van der Waals surface area contributed by atoms with Crippen molar-refractivity contribution in [2.24, 2.45) is 0 Å². The summed E-state index contributed by atoms with van der Waals surface area (Å²) in [5, 5.41) is 3.15. The van der Waals surface area contributed by atoms with Gasteiger partial charge in [-0.2, -0.15) is 0 Å². The van der Waals surface area contributed by atoms with Gasteiger partial charge in [-0.25, -0.2) is 0 Å². The van der Waals surface area contributed by atoms with Crippen molar-refractivity contribution in [1.29, 1.82) is 0 Å². The molecule has 1 heterocycles. The van der Waals surface area contributed by atoms with Gasteiger partial charge in [-0.05, 0) is 38.3 Å². The average Bonchev–Trinajstić information content (AvgIpc) is 3.16. The zero-order valence-electron chi connectivity index (χ0n) is 13.8. The molecule has 0 spiro atoms. The molecular weight excluding hydrogens is 292 g/mol. The van der Waals surface area contributed by atoms with Crippen LogP contribution in [0.5, 0.6) is 5.75 Å². The molecule has 1 atom stereocenters. The quantitative estimate of drug-likeness (QED) is 0.929. The summed E-state index contributed by atoms with van der Waals surface area (Å²) in [7, 11) is 1.59. The number of nitrogens with zero attached hydrogens (tertiary/aromatic N) is 1. The van der Waals surface area contributed by atoms with E-state index in [2.05, 4.69) is 5.32 Å². The van der Waals surface area contributed by atoms with Crippen molar-refractivity contribution in [3.63, 3.8) is 0 Å². The van der Waals surface area contributed by atoms with E-state index in [4.69, 9.17) is 4.74 Å². The number of amides is 2. The number of methoxy groups -OCH3 is 1. The van der Waals surface area contributed by atoms with Gasteiger partial charge in [0, 0.05) is 24.2 Å². The average molecular weight is 316 g/mol. The van der Waals surface area contributed by atoms with Gasteiger partial charge in [-0.3, -0.25) is 14.5 Å². The van der Waals surface area contributed by atoms with Gasteiger partial charge in [0.2, 0.25) is 11.8 Å². The molecule has 1 saturated carbocycles. The van der Waals surface area contributed by atoms with Crippen LogP contribution in [0.4, 0.5) is 5.69 Å². The number of hydrogen-bond acceptors (Lipinski definition) is 3. The van der Waals surface area contributed by atoms with Crippen molar-refractivity contribution < 1.29 is 14.3 Å². The summed E-state index contributed by atoms with van der Waals surface area (Å²) in [5.41, 5.74) is -0.109. The summed E-state index contributed by atoms with van der Waals surface area (Å²) in [6, 6.07) is 7.59. The lowest BCUT2D eigenvalue weighted by molar-refractivity contribution is -0.127. The predicted octanol–water partition coefficient (Wildman–Crippen LogP) is 2.64. The van der Waals surface area contributed by atoms with Crippen LogP contribution >= 0.6 is 0 Å². The van der Waals surface area contributed by atoms with Crippen LogP contribution in [0.15, 0.2) is 24.3 Å². The molecule has 0 aromatic heterocycles. The third-order valence-electron chi connectivity index (χ3n) is 5.06. The smallest absolute Gasteiger partial charge is 0.246 e. The first-order valence-electron chi connectivity index (χ1n) is 8.33. The number of benzene rings is 1. The van der Waals surface area contributed by atoms with E-state index in [9.17, 15) is 9.59 Å². The van der Waals surface area contributed by atoms with Crippen LogP contribution in [0, 0.1) is 0 Å². The van der Waals surface area contributed by atoms with Crippen molar-refractivity contribution >= 4 is 17.5 Å². The zero-order valence-corrected chi connectivity index (χ0v) is 13.8. The Hall–Kier alpha value is -2.04. The van der Waals surface area contributed by atoms with E-state index in [1.807, 2.05) is 31.2 Å². The molecule has 2 aliphatic rings. The first-order chi connectivity index (χ1) is 11.0. The number of carbonyl (C=O) groups is 2. The highest BCUT2D eigenvalue weighted by Gasteiger charge is 2.48. The maximum atomic E-state index is 12.9. The second kappa shape index (κ2) is 6.22. The monoisotopic (exact) mass is 316 g/mol. The summed E-state index contributed by atoms with van der Waals surface area (Å²) in [4.78, 5) is 26.9. The normalized spacial score (nSPS) is 25.0. The SMILES string of the molecule is COc1cccc(N2C(=O)CCC2(C)C(=O)NC2CCCC2)c1. The molecule has 1 aliphatic carbocycles. The Morgan fingerprint density at radius 2 is 2.09 bits per heavy atom. The van der Waals surface area contributed by atoms with Crippen molar-refractivity contribution in [2.75, 3.05) is 12.0 Å². The molecule has 23 heavy (non-hydrogen) atoms. The fraction of sp³-hybridized carbons (Fsp3) is 0.556. The fourth-order valence-electron chi connectivity index (χ4n) is 3.65. The number of hydrogen-bond donors (Lipinski definition) is 1. The Kier molecular flexibility index (Phi) is 4.28. The number of carbonyl (C=O) groups excluding carboxylic acids is 2. The molecule has 2 amide bonds. The third kappa shape index (κ3) is 2.92. The van der Waals surface area contributed by atoms with Gasteiger partial charge >= 0.3 is 0 Å². The maximum Gasteiger partial charge on any atom is 0.246 e. The lowest BCUT2D eigenvalue weighted by Gasteiger charge is -2.35. The summed E-state index contributed by atoms with van der Waals surface area (Å²) in [6.45, 7) is 1.86. The van der Waals surface area contributed by atoms with E-state index in [-0.39, 0.29) is 17.9 Å². The van der Waals surface area contributed by atoms with Gasteiger partial charge in [-0.15, -0.1) is 0 Å². The topological polar surface area (TPSA) is 58.6 Å². The maximum absolute atomic E-state index is 12.9. The molecule has 1 aromatic carbocycles. The van der Waals surface area contributed by atoms with Crippen LogP contribution < -0.4 is 15.0 Å². The molecule has 1 unspecified atom stereocenters. The van der Waals surface area contributed by atoms with E-state index in [0.717, 1.165) is 18.5 Å². The molecule has 124 valence electrons. The number of anilines is 1. The predicted molar refractivity (Wildman–Crippen MR) is 88.5 cm³/mol. The van der Waals surface area contributed by atoms with Crippen LogP contribution in [-0.4, -0.2) is 30.5 Å². The lowest BCUT2D eigenvalue weighted by atomic mass is 9.96. The highest BCUT2D eigenvalue weighted by Crippen LogP contribution is 2.37. The summed E-state index contributed by atoms with van der Waals surface area (Å²) < 4.78 is 5.25. The number of rotatable bonds is 4. The minimum atomic E-state index is -0.827. The van der Waals surface area contributed by atoms with Gasteiger partial charge < -0.3 is 10.1 Å².